The molecule has 0 saturated carbocycles. The highest BCUT2D eigenvalue weighted by atomic mass is 15.0. The zero-order valence-corrected chi connectivity index (χ0v) is 11.5. The predicted octanol–water partition coefficient (Wildman–Crippen LogP) is 2.69. The van der Waals surface area contributed by atoms with Gasteiger partial charge in [-0.25, -0.2) is 4.98 Å². The molecule has 0 aliphatic heterocycles. The molecule has 104 valence electrons. The molecule has 2 aromatic rings. The molecule has 0 fully saturated rings. The van der Waals surface area contributed by atoms with Crippen LogP contribution in [-0.2, 0) is 12.8 Å². The Morgan fingerprint density at radius 1 is 1.10 bits per heavy atom. The Labute approximate surface area is 119 Å². The summed E-state index contributed by atoms with van der Waals surface area (Å²) in [4.78, 5) is 8.42. The first-order chi connectivity index (χ1) is 9.74. The molecule has 1 aliphatic carbocycles. The molecule has 4 nitrogen and oxygen atoms in total. The van der Waals surface area contributed by atoms with Gasteiger partial charge in [0.2, 0.25) is 5.95 Å². The number of nitrogens with zero attached hydrogens (tertiary/aromatic N) is 2. The number of anilines is 2. The highest BCUT2D eigenvalue weighted by Crippen LogP contribution is 2.38. The third-order valence-corrected chi connectivity index (χ3v) is 4.07. The molecule has 0 bridgehead atoms. The third-order valence-electron chi connectivity index (χ3n) is 4.07. The Morgan fingerprint density at radius 2 is 1.90 bits per heavy atom. The minimum absolute atomic E-state index is 0.297. The number of nitrogen functional groups attached to an aromatic ring is 2. The molecule has 1 atom stereocenters. The molecule has 0 saturated heterocycles. The summed E-state index contributed by atoms with van der Waals surface area (Å²) in [6.45, 7) is 0. The zero-order chi connectivity index (χ0) is 13.9. The number of hydrogen-bond acceptors (Lipinski definition) is 4. The smallest absolute Gasteiger partial charge is 0.222 e. The first kappa shape index (κ1) is 12.9. The summed E-state index contributed by atoms with van der Waals surface area (Å²) in [5, 5.41) is 0. The Balaban J connectivity index is 1.64. The Kier molecular flexibility index (Phi) is 3.54. The van der Waals surface area contributed by atoms with Gasteiger partial charge in [-0.1, -0.05) is 30.3 Å². The lowest BCUT2D eigenvalue weighted by Gasteiger charge is -2.13. The number of aryl methyl sites for hydroxylation is 2. The van der Waals surface area contributed by atoms with Crippen LogP contribution in [0.2, 0.25) is 0 Å². The predicted molar refractivity (Wildman–Crippen MR) is 81.3 cm³/mol. The lowest BCUT2D eigenvalue weighted by Crippen LogP contribution is -2.07. The van der Waals surface area contributed by atoms with Gasteiger partial charge in [-0.2, -0.15) is 4.98 Å². The summed E-state index contributed by atoms with van der Waals surface area (Å²) in [6, 6.07) is 10.6. The van der Waals surface area contributed by atoms with Gasteiger partial charge in [-0.05, 0) is 43.6 Å². The number of hydrogen-bond donors (Lipinski definition) is 2. The number of rotatable bonds is 4. The van der Waals surface area contributed by atoms with Crippen LogP contribution in [0, 0.1) is 0 Å². The van der Waals surface area contributed by atoms with Crippen molar-refractivity contribution >= 4 is 11.8 Å². The van der Waals surface area contributed by atoms with Crippen molar-refractivity contribution in [3.8, 4) is 0 Å². The molecule has 1 aromatic heterocycles. The quantitative estimate of drug-likeness (QED) is 0.893. The molecule has 0 amide bonds. The Hall–Kier alpha value is -2.10. The molecule has 1 aliphatic rings. The molecule has 1 unspecified atom stereocenters. The first-order valence-corrected chi connectivity index (χ1v) is 7.19. The van der Waals surface area contributed by atoms with Gasteiger partial charge in [0.25, 0.3) is 0 Å². The number of aromatic nitrogens is 2. The maximum absolute atomic E-state index is 6.01. The second-order valence-electron chi connectivity index (χ2n) is 5.44. The van der Waals surface area contributed by atoms with E-state index in [2.05, 4.69) is 40.3 Å². The van der Waals surface area contributed by atoms with Crippen molar-refractivity contribution in [2.24, 2.45) is 0 Å². The molecule has 20 heavy (non-hydrogen) atoms. The minimum atomic E-state index is 0.297. The van der Waals surface area contributed by atoms with Crippen LogP contribution >= 0.6 is 0 Å². The monoisotopic (exact) mass is 268 g/mol. The van der Waals surface area contributed by atoms with E-state index in [9.17, 15) is 0 Å². The van der Waals surface area contributed by atoms with Crippen LogP contribution < -0.4 is 11.5 Å². The van der Waals surface area contributed by atoms with Gasteiger partial charge in [0.15, 0.2) is 0 Å². The minimum Gasteiger partial charge on any atom is -0.383 e. The van der Waals surface area contributed by atoms with Crippen molar-refractivity contribution in [2.45, 2.75) is 38.0 Å². The van der Waals surface area contributed by atoms with Crippen molar-refractivity contribution in [2.75, 3.05) is 11.5 Å². The van der Waals surface area contributed by atoms with Crippen LogP contribution in [0.25, 0.3) is 0 Å². The van der Waals surface area contributed by atoms with Gasteiger partial charge in [0.05, 0.1) is 5.69 Å². The third kappa shape index (κ3) is 2.59. The first-order valence-electron chi connectivity index (χ1n) is 7.19. The van der Waals surface area contributed by atoms with Crippen molar-refractivity contribution in [3.63, 3.8) is 0 Å². The van der Waals surface area contributed by atoms with Crippen LogP contribution in [0.15, 0.2) is 30.3 Å². The van der Waals surface area contributed by atoms with Crippen LogP contribution in [0.4, 0.5) is 11.8 Å². The van der Waals surface area contributed by atoms with E-state index in [0.717, 1.165) is 43.4 Å². The van der Waals surface area contributed by atoms with Crippen molar-refractivity contribution in [1.82, 2.24) is 9.97 Å². The molecule has 1 heterocycles. The summed E-state index contributed by atoms with van der Waals surface area (Å²) < 4.78 is 0. The van der Waals surface area contributed by atoms with E-state index in [1.165, 1.54) is 5.56 Å². The molecular formula is C16H20N4. The number of fused-ring (bicyclic) bond motifs is 1. The average molecular weight is 268 g/mol. The summed E-state index contributed by atoms with van der Waals surface area (Å²) in [7, 11) is 0. The normalized spacial score (nSPS) is 17.1. The molecule has 4 N–H and O–H groups in total. The van der Waals surface area contributed by atoms with Crippen LogP contribution in [0.3, 0.4) is 0 Å². The average Bonchev–Trinajstić information content (AvgIpc) is 2.83. The van der Waals surface area contributed by atoms with E-state index in [0.29, 0.717) is 17.7 Å². The second kappa shape index (κ2) is 5.49. The Morgan fingerprint density at radius 3 is 2.70 bits per heavy atom. The van der Waals surface area contributed by atoms with Crippen LogP contribution in [0.5, 0.6) is 0 Å². The lowest BCUT2D eigenvalue weighted by atomic mass is 9.95. The summed E-state index contributed by atoms with van der Waals surface area (Å²) in [5.41, 5.74) is 15.3. The van der Waals surface area contributed by atoms with Crippen LogP contribution in [0.1, 0.15) is 42.0 Å². The fourth-order valence-corrected chi connectivity index (χ4v) is 3.13. The zero-order valence-electron chi connectivity index (χ0n) is 11.5. The summed E-state index contributed by atoms with van der Waals surface area (Å²) in [5.74, 6) is 1.37. The molecule has 0 spiro atoms. The maximum Gasteiger partial charge on any atom is 0.222 e. The highest BCUT2D eigenvalue weighted by molar-refractivity contribution is 5.50. The van der Waals surface area contributed by atoms with Crippen molar-refractivity contribution in [1.29, 1.82) is 0 Å². The molecule has 0 radical (unpaired) electrons. The largest absolute Gasteiger partial charge is 0.383 e. The second-order valence-corrected chi connectivity index (χ2v) is 5.44. The van der Waals surface area contributed by atoms with E-state index in [4.69, 9.17) is 11.5 Å². The van der Waals surface area contributed by atoms with Crippen molar-refractivity contribution < 1.29 is 0 Å². The summed E-state index contributed by atoms with van der Waals surface area (Å²) >= 11 is 0. The maximum atomic E-state index is 6.01. The molecular weight excluding hydrogens is 248 g/mol. The van der Waals surface area contributed by atoms with Crippen molar-refractivity contribution in [3.05, 3.63) is 47.2 Å². The van der Waals surface area contributed by atoms with Gasteiger partial charge in [-0.15, -0.1) is 0 Å². The van der Waals surface area contributed by atoms with Gasteiger partial charge < -0.3 is 11.5 Å². The SMILES string of the molecule is Nc1nc(N)c2c(n1)CCC2CCCc1ccccc1. The van der Waals surface area contributed by atoms with E-state index < -0.39 is 0 Å². The van der Waals surface area contributed by atoms with Gasteiger partial charge in [0.1, 0.15) is 5.82 Å². The fourth-order valence-electron chi connectivity index (χ4n) is 3.13. The van der Waals surface area contributed by atoms with Gasteiger partial charge in [0, 0.05) is 5.56 Å². The van der Waals surface area contributed by atoms with E-state index in [-0.39, 0.29) is 0 Å². The van der Waals surface area contributed by atoms with Gasteiger partial charge in [-0.3, -0.25) is 0 Å². The Bertz CT molecular complexity index is 595. The fraction of sp³-hybridized carbons (Fsp3) is 0.375. The van der Waals surface area contributed by atoms with Crippen LogP contribution in [-0.4, -0.2) is 9.97 Å². The summed E-state index contributed by atoms with van der Waals surface area (Å²) in [6.07, 6.45) is 5.51. The van der Waals surface area contributed by atoms with E-state index in [1.54, 1.807) is 0 Å². The van der Waals surface area contributed by atoms with Gasteiger partial charge >= 0.3 is 0 Å². The lowest BCUT2D eigenvalue weighted by molar-refractivity contribution is 0.587. The standard InChI is InChI=1S/C16H20N4/c17-15-14-12(9-10-13(14)19-16(18)20-15)8-4-7-11-5-2-1-3-6-11/h1-3,5-6,12H,4,7-10H2,(H4,17,18,19,20). The van der Waals surface area contributed by atoms with E-state index in [1.807, 2.05) is 0 Å². The highest BCUT2D eigenvalue weighted by Gasteiger charge is 2.26. The number of nitrogens with two attached hydrogens (primary N) is 2. The molecule has 1 aromatic carbocycles. The number of benzene rings is 1. The molecule has 3 rings (SSSR count). The topological polar surface area (TPSA) is 77.8 Å². The van der Waals surface area contributed by atoms with E-state index >= 15 is 0 Å². The molecule has 4 heteroatoms.